The normalized spacial score (nSPS) is 11.0. The summed E-state index contributed by atoms with van der Waals surface area (Å²) in [5.74, 6) is 1.21. The number of hydrogen-bond donors (Lipinski definition) is 2. The van der Waals surface area contributed by atoms with Crippen molar-refractivity contribution in [3.63, 3.8) is 0 Å². The third-order valence-corrected chi connectivity index (χ3v) is 4.69. The van der Waals surface area contributed by atoms with Crippen LogP contribution in [0.1, 0.15) is 10.6 Å². The molecule has 0 spiro atoms. The topological polar surface area (TPSA) is 72.5 Å². The monoisotopic (exact) mass is 494 g/mol. The molecule has 3 N–H and O–H groups in total. The first kappa shape index (κ1) is 21.2. The first-order valence-electron chi connectivity index (χ1n) is 8.36. The largest absolute Gasteiger partial charge is 0.497 e. The van der Waals surface area contributed by atoms with E-state index in [1.54, 1.807) is 18.4 Å². The molecule has 0 aliphatic carbocycles. The first-order valence-corrected chi connectivity index (χ1v) is 9.24. The molecule has 3 rings (SSSR count). The maximum atomic E-state index is 5.94. The van der Waals surface area contributed by atoms with E-state index in [1.165, 1.54) is 5.56 Å². The molecule has 0 radical (unpaired) electrons. The van der Waals surface area contributed by atoms with E-state index in [1.807, 2.05) is 31.2 Å². The van der Waals surface area contributed by atoms with Gasteiger partial charge in [0.1, 0.15) is 5.75 Å². The molecule has 3 aromatic rings. The molecular formula is C20H23IN4OS. The van der Waals surface area contributed by atoms with Gasteiger partial charge in [0.25, 0.3) is 0 Å². The first-order chi connectivity index (χ1) is 12.6. The van der Waals surface area contributed by atoms with Crippen molar-refractivity contribution in [3.05, 3.63) is 64.5 Å². The molecule has 5 nitrogen and oxygen atoms in total. The molecule has 0 unspecified atom stereocenters. The molecule has 7 heteroatoms. The van der Waals surface area contributed by atoms with Gasteiger partial charge in [0.05, 0.1) is 17.8 Å². The number of rotatable bonds is 6. The summed E-state index contributed by atoms with van der Waals surface area (Å²) < 4.78 is 5.13. The fraction of sp³-hybridized carbons (Fsp3) is 0.200. The van der Waals surface area contributed by atoms with Crippen LogP contribution in [0.2, 0.25) is 0 Å². The van der Waals surface area contributed by atoms with Gasteiger partial charge in [0.15, 0.2) is 5.96 Å². The Morgan fingerprint density at radius 2 is 1.85 bits per heavy atom. The second kappa shape index (κ2) is 10.3. The molecule has 0 aliphatic rings. The van der Waals surface area contributed by atoms with Crippen LogP contribution in [0.25, 0.3) is 11.3 Å². The molecule has 27 heavy (non-hydrogen) atoms. The van der Waals surface area contributed by atoms with Gasteiger partial charge < -0.3 is 15.8 Å². The van der Waals surface area contributed by atoms with Crippen molar-refractivity contribution in [2.45, 2.75) is 13.3 Å². The van der Waals surface area contributed by atoms with Crippen molar-refractivity contribution >= 4 is 47.0 Å². The lowest BCUT2D eigenvalue weighted by atomic mass is 10.1. The molecule has 0 bridgehead atoms. The van der Waals surface area contributed by atoms with Crippen molar-refractivity contribution in [1.82, 2.24) is 4.98 Å². The third-order valence-electron chi connectivity index (χ3n) is 3.91. The van der Waals surface area contributed by atoms with E-state index < -0.39 is 0 Å². The predicted octanol–water partition coefficient (Wildman–Crippen LogP) is 4.71. The molecule has 0 fully saturated rings. The van der Waals surface area contributed by atoms with Crippen molar-refractivity contribution in [2.75, 3.05) is 19.0 Å². The number of thiazole rings is 1. The van der Waals surface area contributed by atoms with E-state index in [0.717, 1.165) is 34.1 Å². The Morgan fingerprint density at radius 3 is 2.44 bits per heavy atom. The molecule has 1 aromatic heterocycles. The molecule has 0 aliphatic heterocycles. The standard InChI is InChI=1S/C20H22N4OS.HI/c1-14-23-19(13-26-14)16-5-3-15(4-6-16)11-12-22-20(21)24-17-7-9-18(25-2)10-8-17;/h3-10,13H,11-12H2,1-2H3,(H3,21,22,24);1H. The molecular weight excluding hydrogens is 471 g/mol. The molecule has 142 valence electrons. The second-order valence-electron chi connectivity index (χ2n) is 5.82. The van der Waals surface area contributed by atoms with Crippen LogP contribution >= 0.6 is 35.3 Å². The summed E-state index contributed by atoms with van der Waals surface area (Å²) in [4.78, 5) is 8.89. The molecule has 1 heterocycles. The van der Waals surface area contributed by atoms with E-state index in [9.17, 15) is 0 Å². The van der Waals surface area contributed by atoms with Crippen LogP contribution in [0.3, 0.4) is 0 Å². The number of nitrogens with zero attached hydrogens (tertiary/aromatic N) is 2. The Bertz CT molecular complexity index is 876. The number of nitrogens with one attached hydrogen (secondary N) is 1. The van der Waals surface area contributed by atoms with Crippen LogP contribution in [0.4, 0.5) is 5.69 Å². The number of nitrogens with two attached hydrogens (primary N) is 1. The van der Waals surface area contributed by atoms with Gasteiger partial charge in [-0.15, -0.1) is 35.3 Å². The highest BCUT2D eigenvalue weighted by Crippen LogP contribution is 2.22. The Labute approximate surface area is 180 Å². The Kier molecular flexibility index (Phi) is 8.05. The van der Waals surface area contributed by atoms with Crippen LogP contribution in [0.15, 0.2) is 58.9 Å². The van der Waals surface area contributed by atoms with Crippen LogP contribution < -0.4 is 15.8 Å². The number of methoxy groups -OCH3 is 1. The van der Waals surface area contributed by atoms with E-state index in [0.29, 0.717) is 12.5 Å². The minimum atomic E-state index is 0. The summed E-state index contributed by atoms with van der Waals surface area (Å²) in [5, 5.41) is 6.24. The maximum absolute atomic E-state index is 5.94. The number of aryl methyl sites for hydroxylation is 1. The number of anilines is 1. The number of guanidine groups is 1. The van der Waals surface area contributed by atoms with Gasteiger partial charge in [-0.05, 0) is 43.2 Å². The summed E-state index contributed by atoms with van der Waals surface area (Å²) in [7, 11) is 1.64. The van der Waals surface area contributed by atoms with Gasteiger partial charge in [-0.3, -0.25) is 4.99 Å². The van der Waals surface area contributed by atoms with E-state index in [2.05, 4.69) is 44.9 Å². The van der Waals surface area contributed by atoms with E-state index in [-0.39, 0.29) is 24.0 Å². The zero-order valence-electron chi connectivity index (χ0n) is 15.3. The van der Waals surface area contributed by atoms with Crippen LogP contribution in [-0.4, -0.2) is 24.6 Å². The van der Waals surface area contributed by atoms with Gasteiger partial charge in [0.2, 0.25) is 0 Å². The lowest BCUT2D eigenvalue weighted by molar-refractivity contribution is 0.415. The third kappa shape index (κ3) is 6.21. The number of halogens is 1. The molecule has 0 atom stereocenters. The van der Waals surface area contributed by atoms with E-state index >= 15 is 0 Å². The van der Waals surface area contributed by atoms with Crippen LogP contribution in [-0.2, 0) is 6.42 Å². The SMILES string of the molecule is COc1ccc(NC(N)=NCCc2ccc(-c3csc(C)n3)cc2)cc1.I. The zero-order chi connectivity index (χ0) is 18.4. The highest BCUT2D eigenvalue weighted by atomic mass is 127. The number of aliphatic imine (C=N–C) groups is 1. The lowest BCUT2D eigenvalue weighted by Gasteiger charge is -2.07. The van der Waals surface area contributed by atoms with Crippen LogP contribution in [0, 0.1) is 6.92 Å². The number of ether oxygens (including phenoxy) is 1. The predicted molar refractivity (Wildman–Crippen MR) is 125 cm³/mol. The average Bonchev–Trinajstić information content (AvgIpc) is 3.09. The average molecular weight is 494 g/mol. The number of benzene rings is 2. The van der Waals surface area contributed by atoms with Gasteiger partial charge in [0, 0.05) is 23.2 Å². The minimum Gasteiger partial charge on any atom is -0.497 e. The van der Waals surface area contributed by atoms with Gasteiger partial charge in [-0.2, -0.15) is 0 Å². The maximum Gasteiger partial charge on any atom is 0.193 e. The summed E-state index contributed by atoms with van der Waals surface area (Å²) in [6.45, 7) is 2.65. The van der Waals surface area contributed by atoms with Gasteiger partial charge >= 0.3 is 0 Å². The second-order valence-corrected chi connectivity index (χ2v) is 6.88. The Balaban J connectivity index is 0.00000261. The smallest absolute Gasteiger partial charge is 0.193 e. The molecule has 0 saturated heterocycles. The summed E-state index contributed by atoms with van der Waals surface area (Å²) in [6.07, 6.45) is 0.835. The summed E-state index contributed by atoms with van der Waals surface area (Å²) in [6, 6.07) is 16.0. The quantitative estimate of drug-likeness (QED) is 0.296. The Hall–Kier alpha value is -2.13. The molecule has 0 amide bonds. The molecule has 0 saturated carbocycles. The molecule has 2 aromatic carbocycles. The van der Waals surface area contributed by atoms with Crippen molar-refractivity contribution < 1.29 is 4.74 Å². The van der Waals surface area contributed by atoms with Crippen molar-refractivity contribution in [3.8, 4) is 17.0 Å². The zero-order valence-corrected chi connectivity index (χ0v) is 18.5. The number of hydrogen-bond acceptors (Lipinski definition) is 4. The highest BCUT2D eigenvalue weighted by Gasteiger charge is 2.02. The fourth-order valence-electron chi connectivity index (χ4n) is 2.51. The summed E-state index contributed by atoms with van der Waals surface area (Å²) >= 11 is 1.67. The summed E-state index contributed by atoms with van der Waals surface area (Å²) in [5.41, 5.74) is 10.2. The number of aromatic nitrogens is 1. The Morgan fingerprint density at radius 1 is 1.15 bits per heavy atom. The van der Waals surface area contributed by atoms with E-state index in [4.69, 9.17) is 10.5 Å². The van der Waals surface area contributed by atoms with Crippen molar-refractivity contribution in [1.29, 1.82) is 0 Å². The minimum absolute atomic E-state index is 0. The van der Waals surface area contributed by atoms with Gasteiger partial charge in [-0.1, -0.05) is 24.3 Å². The van der Waals surface area contributed by atoms with Gasteiger partial charge in [-0.25, -0.2) is 4.98 Å². The van der Waals surface area contributed by atoms with Crippen molar-refractivity contribution in [2.24, 2.45) is 10.7 Å². The lowest BCUT2D eigenvalue weighted by Crippen LogP contribution is -2.23. The van der Waals surface area contributed by atoms with Crippen LogP contribution in [0.5, 0.6) is 5.75 Å². The highest BCUT2D eigenvalue weighted by molar-refractivity contribution is 14.0. The fourth-order valence-corrected chi connectivity index (χ4v) is 3.13.